The Balaban J connectivity index is 1.47. The molecule has 1 aliphatic carbocycles. The van der Waals surface area contributed by atoms with Crippen LogP contribution in [0.1, 0.15) is 95.8 Å². The van der Waals surface area contributed by atoms with Gasteiger partial charge in [-0.3, -0.25) is 9.59 Å². The first-order chi connectivity index (χ1) is 22.2. The monoisotopic (exact) mass is 679 g/mol. The van der Waals surface area contributed by atoms with Crippen LogP contribution in [0.3, 0.4) is 0 Å². The van der Waals surface area contributed by atoms with Crippen LogP contribution in [0.5, 0.6) is 0 Å². The molecule has 2 amide bonds. The van der Waals surface area contributed by atoms with Crippen molar-refractivity contribution in [3.63, 3.8) is 0 Å². The summed E-state index contributed by atoms with van der Waals surface area (Å²) >= 11 is 6.26. The van der Waals surface area contributed by atoms with E-state index in [-0.39, 0.29) is 18.4 Å². The number of halogens is 1. The number of esters is 1. The quantitative estimate of drug-likeness (QED) is 0.276. The molecule has 11 heteroatoms. The predicted octanol–water partition coefficient (Wildman–Crippen LogP) is 5.80. The van der Waals surface area contributed by atoms with Crippen LogP contribution in [-0.4, -0.2) is 61.6 Å². The first kappa shape index (κ1) is 34.6. The topological polar surface area (TPSA) is 122 Å². The number of nitrogens with zero attached hydrogens (tertiary/aromatic N) is 1. The lowest BCUT2D eigenvalue weighted by Crippen LogP contribution is -2.59. The molecule has 9 nitrogen and oxygen atoms in total. The molecule has 1 aliphatic heterocycles. The first-order valence-electron chi connectivity index (χ1n) is 16.0. The fourth-order valence-corrected chi connectivity index (χ4v) is 7.65. The van der Waals surface area contributed by atoms with E-state index in [0.717, 1.165) is 30.2 Å². The van der Waals surface area contributed by atoms with Crippen LogP contribution < -0.4 is 10.0 Å². The molecule has 0 saturated heterocycles. The maximum atomic E-state index is 14.4. The molecule has 2 aliphatic rings. The standard InChI is InChI=1S/C36H42ClN3O6S/c1-36(2,3)46-35(43)25-11-9-10-23(22-25)20-21-38-33(41)31-27-12-5-6-13-28(27)34(42)40(32(31)24-16-18-26(37)19-17-24)30-15-8-7-14-29(30)39-47(4,44)45/h5-6,9-13,16-19,22,29-32,39H,7-8,14-15,20-21H2,1-4H3,(H,38,41)/t29-,30-,31+,32-/m0/s1. The van der Waals surface area contributed by atoms with E-state index in [0.29, 0.717) is 41.0 Å². The number of hydrogen-bond acceptors (Lipinski definition) is 6. The number of amides is 2. The molecule has 1 saturated carbocycles. The maximum absolute atomic E-state index is 14.4. The van der Waals surface area contributed by atoms with Crippen LogP contribution in [0.2, 0.25) is 5.02 Å². The Morgan fingerprint density at radius 3 is 2.38 bits per heavy atom. The molecular formula is C36H42ClN3O6S. The zero-order chi connectivity index (χ0) is 33.9. The lowest BCUT2D eigenvalue weighted by molar-refractivity contribution is -0.124. The van der Waals surface area contributed by atoms with Gasteiger partial charge in [-0.25, -0.2) is 17.9 Å². The summed E-state index contributed by atoms with van der Waals surface area (Å²) in [6.45, 7) is 5.74. The fraction of sp³-hybridized carbons (Fsp3) is 0.417. The van der Waals surface area contributed by atoms with Gasteiger partial charge in [-0.15, -0.1) is 0 Å². The van der Waals surface area contributed by atoms with Gasteiger partial charge in [-0.1, -0.05) is 66.9 Å². The van der Waals surface area contributed by atoms with E-state index in [1.807, 2.05) is 51.1 Å². The zero-order valence-corrected chi connectivity index (χ0v) is 28.7. The Labute approximate surface area is 282 Å². The van der Waals surface area contributed by atoms with Gasteiger partial charge in [0.15, 0.2) is 0 Å². The van der Waals surface area contributed by atoms with Gasteiger partial charge in [0.2, 0.25) is 15.9 Å². The molecule has 0 radical (unpaired) electrons. The molecule has 47 heavy (non-hydrogen) atoms. The minimum atomic E-state index is -3.56. The third-order valence-corrected chi connectivity index (χ3v) is 9.58. The third kappa shape index (κ3) is 8.41. The Hall–Kier alpha value is -3.73. The zero-order valence-electron chi connectivity index (χ0n) is 27.2. The van der Waals surface area contributed by atoms with E-state index in [2.05, 4.69) is 10.0 Å². The highest BCUT2D eigenvalue weighted by Gasteiger charge is 2.48. The summed E-state index contributed by atoms with van der Waals surface area (Å²) in [6, 6.07) is 19.7. The average molecular weight is 680 g/mol. The van der Waals surface area contributed by atoms with Crippen molar-refractivity contribution in [2.45, 2.75) is 82.5 Å². The van der Waals surface area contributed by atoms with Gasteiger partial charge in [0.1, 0.15) is 5.60 Å². The van der Waals surface area contributed by atoms with Gasteiger partial charge >= 0.3 is 5.97 Å². The van der Waals surface area contributed by atoms with Crippen LogP contribution in [0.4, 0.5) is 0 Å². The summed E-state index contributed by atoms with van der Waals surface area (Å²) in [6.07, 6.45) is 4.41. The molecule has 5 rings (SSSR count). The number of carbonyl (C=O) groups is 3. The SMILES string of the molecule is CC(C)(C)OC(=O)c1cccc(CCNC(=O)[C@@H]2c3ccccc3C(=O)N([C@H]3CCCC[C@@H]3NS(C)(=O)=O)[C@H]2c2ccc(Cl)cc2)c1. The van der Waals surface area contributed by atoms with Crippen LogP contribution in [0.15, 0.2) is 72.8 Å². The molecule has 0 spiro atoms. The molecular weight excluding hydrogens is 638 g/mol. The Morgan fingerprint density at radius 1 is 0.979 bits per heavy atom. The van der Waals surface area contributed by atoms with Gasteiger partial charge in [-0.05, 0) is 87.1 Å². The van der Waals surface area contributed by atoms with E-state index in [1.165, 1.54) is 0 Å². The normalized spacial score (nSPS) is 21.6. The molecule has 0 aromatic heterocycles. The lowest BCUT2D eigenvalue weighted by atomic mass is 9.76. The second-order valence-corrected chi connectivity index (χ2v) is 15.6. The van der Waals surface area contributed by atoms with Crippen LogP contribution in [-0.2, 0) is 26.0 Å². The number of rotatable bonds is 9. The molecule has 1 heterocycles. The number of fused-ring (bicyclic) bond motifs is 1. The number of carbonyl (C=O) groups excluding carboxylic acids is 3. The van der Waals surface area contributed by atoms with Crippen LogP contribution >= 0.6 is 11.6 Å². The summed E-state index contributed by atoms with van der Waals surface area (Å²) in [7, 11) is -3.56. The van der Waals surface area contributed by atoms with Gasteiger partial charge in [-0.2, -0.15) is 0 Å². The second kappa shape index (κ2) is 14.2. The highest BCUT2D eigenvalue weighted by molar-refractivity contribution is 7.88. The molecule has 3 aromatic rings. The van der Waals surface area contributed by atoms with E-state index in [1.54, 1.807) is 47.4 Å². The minimum Gasteiger partial charge on any atom is -0.456 e. The summed E-state index contributed by atoms with van der Waals surface area (Å²) in [5, 5.41) is 3.62. The van der Waals surface area contributed by atoms with E-state index < -0.39 is 45.6 Å². The molecule has 2 N–H and O–H groups in total. The highest BCUT2D eigenvalue weighted by Crippen LogP contribution is 2.46. The van der Waals surface area contributed by atoms with Gasteiger partial charge in [0, 0.05) is 29.2 Å². The van der Waals surface area contributed by atoms with Crippen molar-refractivity contribution >= 4 is 39.4 Å². The Bertz CT molecular complexity index is 1740. The van der Waals surface area contributed by atoms with Crippen molar-refractivity contribution < 1.29 is 27.5 Å². The van der Waals surface area contributed by atoms with Crippen LogP contribution in [0, 0.1) is 0 Å². The van der Waals surface area contributed by atoms with Crippen molar-refractivity contribution in [1.82, 2.24) is 14.9 Å². The van der Waals surface area contributed by atoms with Crippen molar-refractivity contribution in [3.05, 3.63) is 106 Å². The average Bonchev–Trinajstić information content (AvgIpc) is 3.00. The molecule has 4 atom stereocenters. The molecule has 0 unspecified atom stereocenters. The summed E-state index contributed by atoms with van der Waals surface area (Å²) in [4.78, 5) is 43.1. The number of ether oxygens (including phenoxy) is 1. The van der Waals surface area contributed by atoms with E-state index in [9.17, 15) is 22.8 Å². The summed E-state index contributed by atoms with van der Waals surface area (Å²) in [5.74, 6) is -1.69. The van der Waals surface area contributed by atoms with Crippen molar-refractivity contribution in [2.75, 3.05) is 12.8 Å². The van der Waals surface area contributed by atoms with E-state index in [4.69, 9.17) is 16.3 Å². The largest absolute Gasteiger partial charge is 0.456 e. The molecule has 250 valence electrons. The second-order valence-electron chi connectivity index (χ2n) is 13.4. The highest BCUT2D eigenvalue weighted by atomic mass is 35.5. The molecule has 3 aromatic carbocycles. The van der Waals surface area contributed by atoms with Crippen LogP contribution in [0.25, 0.3) is 0 Å². The molecule has 0 bridgehead atoms. The minimum absolute atomic E-state index is 0.240. The summed E-state index contributed by atoms with van der Waals surface area (Å²) < 4.78 is 33.1. The van der Waals surface area contributed by atoms with Crippen molar-refractivity contribution in [2.24, 2.45) is 0 Å². The predicted molar refractivity (Wildman–Crippen MR) is 182 cm³/mol. The fourth-order valence-electron chi connectivity index (χ4n) is 6.70. The van der Waals surface area contributed by atoms with Crippen molar-refractivity contribution in [3.8, 4) is 0 Å². The van der Waals surface area contributed by atoms with Gasteiger partial charge in [0.05, 0.1) is 23.8 Å². The summed E-state index contributed by atoms with van der Waals surface area (Å²) in [5.41, 5.74) is 2.44. The number of sulfonamides is 1. The number of hydrogen-bond donors (Lipinski definition) is 2. The maximum Gasteiger partial charge on any atom is 0.338 e. The molecule has 1 fully saturated rings. The van der Waals surface area contributed by atoms with Crippen molar-refractivity contribution in [1.29, 1.82) is 0 Å². The van der Waals surface area contributed by atoms with Gasteiger partial charge < -0.3 is 15.0 Å². The lowest BCUT2D eigenvalue weighted by Gasteiger charge is -2.49. The number of benzene rings is 3. The van der Waals surface area contributed by atoms with E-state index >= 15 is 0 Å². The third-order valence-electron chi connectivity index (χ3n) is 8.60. The first-order valence-corrected chi connectivity index (χ1v) is 18.2. The Morgan fingerprint density at radius 2 is 1.68 bits per heavy atom. The smallest absolute Gasteiger partial charge is 0.338 e. The van der Waals surface area contributed by atoms with Gasteiger partial charge in [0.25, 0.3) is 5.91 Å². The Kier molecular flexibility index (Phi) is 10.4. The number of nitrogens with one attached hydrogen (secondary N) is 2.